The second-order valence-corrected chi connectivity index (χ2v) is 7.16. The van der Waals surface area contributed by atoms with Crippen LogP contribution in [-0.2, 0) is 0 Å². The van der Waals surface area contributed by atoms with Crippen LogP contribution in [-0.4, -0.2) is 31.1 Å². The molecule has 1 aliphatic heterocycles. The molecule has 1 aromatic heterocycles. The lowest BCUT2D eigenvalue weighted by atomic mass is 9.88. The van der Waals surface area contributed by atoms with Crippen LogP contribution in [0.25, 0.3) is 0 Å². The normalized spacial score (nSPS) is 25.8. The van der Waals surface area contributed by atoms with Gasteiger partial charge in [-0.1, -0.05) is 13.8 Å². The summed E-state index contributed by atoms with van der Waals surface area (Å²) in [6.45, 7) is 9.05. The van der Waals surface area contributed by atoms with Gasteiger partial charge in [-0.3, -0.25) is 4.90 Å². The Kier molecular flexibility index (Phi) is 4.82. The van der Waals surface area contributed by atoms with Crippen molar-refractivity contribution in [1.82, 2.24) is 10.2 Å². The second-order valence-electron chi connectivity index (χ2n) is 5.84. The molecule has 1 fully saturated rings. The zero-order chi connectivity index (χ0) is 13.1. The summed E-state index contributed by atoms with van der Waals surface area (Å²) >= 11 is 1.97. The summed E-state index contributed by atoms with van der Waals surface area (Å²) in [6.07, 6.45) is 2.69. The maximum Gasteiger partial charge on any atom is 0.0478 e. The minimum atomic E-state index is 0.586. The highest BCUT2D eigenvalue weighted by Crippen LogP contribution is 2.37. The van der Waals surface area contributed by atoms with E-state index < -0.39 is 0 Å². The fourth-order valence-electron chi connectivity index (χ4n) is 2.92. The standard InChI is InChI=1S/C15H26N2S/c1-11(2)16-10-13-6-5-9-17(4)15(13)14-8-7-12(3)18-14/h7-8,11,13,15-16H,5-6,9-10H2,1-4H3. The summed E-state index contributed by atoms with van der Waals surface area (Å²) in [7, 11) is 2.28. The van der Waals surface area contributed by atoms with E-state index in [0.29, 0.717) is 12.1 Å². The van der Waals surface area contributed by atoms with Gasteiger partial charge in [0.1, 0.15) is 0 Å². The molecule has 0 radical (unpaired) electrons. The Hall–Kier alpha value is -0.380. The van der Waals surface area contributed by atoms with Crippen LogP contribution < -0.4 is 5.32 Å². The molecule has 2 nitrogen and oxygen atoms in total. The maximum atomic E-state index is 3.62. The maximum absolute atomic E-state index is 3.62. The second kappa shape index (κ2) is 6.18. The van der Waals surface area contributed by atoms with E-state index in [9.17, 15) is 0 Å². The van der Waals surface area contributed by atoms with Gasteiger partial charge in [-0.05, 0) is 51.4 Å². The Bertz CT molecular complexity index is 372. The van der Waals surface area contributed by atoms with Crippen molar-refractivity contribution in [2.45, 2.75) is 45.7 Å². The minimum Gasteiger partial charge on any atom is -0.314 e. The lowest BCUT2D eigenvalue weighted by molar-refractivity contribution is 0.121. The van der Waals surface area contributed by atoms with Crippen LogP contribution in [0, 0.1) is 12.8 Å². The summed E-state index contributed by atoms with van der Waals surface area (Å²) in [6, 6.07) is 5.79. The molecule has 0 amide bonds. The van der Waals surface area contributed by atoms with E-state index in [-0.39, 0.29) is 0 Å². The molecule has 2 unspecified atom stereocenters. The lowest BCUT2D eigenvalue weighted by Gasteiger charge is -2.39. The third-order valence-corrected chi connectivity index (χ3v) is 4.92. The summed E-state index contributed by atoms with van der Waals surface area (Å²) < 4.78 is 0. The van der Waals surface area contributed by atoms with Gasteiger partial charge in [-0.15, -0.1) is 11.3 Å². The van der Waals surface area contributed by atoms with E-state index in [1.54, 1.807) is 4.88 Å². The molecule has 1 aromatic rings. The SMILES string of the molecule is Cc1ccc(C2C(CNC(C)C)CCCN2C)s1. The molecule has 0 aliphatic carbocycles. The van der Waals surface area contributed by atoms with Crippen molar-refractivity contribution >= 4 is 11.3 Å². The number of aryl methyl sites for hydroxylation is 1. The molecule has 0 saturated carbocycles. The van der Waals surface area contributed by atoms with Crippen molar-refractivity contribution in [3.05, 3.63) is 21.9 Å². The molecule has 0 spiro atoms. The number of likely N-dealkylation sites (tertiary alicyclic amines) is 1. The van der Waals surface area contributed by atoms with Crippen molar-refractivity contribution in [2.24, 2.45) is 5.92 Å². The number of hydrogen-bond acceptors (Lipinski definition) is 3. The Labute approximate surface area is 115 Å². The molecule has 1 aliphatic rings. The third kappa shape index (κ3) is 3.34. The van der Waals surface area contributed by atoms with Crippen LogP contribution in [0.3, 0.4) is 0 Å². The molecule has 3 heteroatoms. The van der Waals surface area contributed by atoms with Crippen LogP contribution in [0.2, 0.25) is 0 Å². The van der Waals surface area contributed by atoms with Gasteiger partial charge < -0.3 is 5.32 Å². The van der Waals surface area contributed by atoms with Gasteiger partial charge in [0.15, 0.2) is 0 Å². The highest BCUT2D eigenvalue weighted by molar-refractivity contribution is 7.12. The average molecular weight is 266 g/mol. The number of nitrogens with zero attached hydrogens (tertiary/aromatic N) is 1. The van der Waals surface area contributed by atoms with Crippen molar-refractivity contribution in [3.63, 3.8) is 0 Å². The van der Waals surface area contributed by atoms with Crippen LogP contribution in [0.15, 0.2) is 12.1 Å². The molecule has 0 aromatic carbocycles. The topological polar surface area (TPSA) is 15.3 Å². The molecule has 2 heterocycles. The van der Waals surface area contributed by atoms with Crippen molar-refractivity contribution in [2.75, 3.05) is 20.1 Å². The number of piperidine rings is 1. The molecule has 18 heavy (non-hydrogen) atoms. The minimum absolute atomic E-state index is 0.586. The average Bonchev–Trinajstić information content (AvgIpc) is 2.72. The Morgan fingerprint density at radius 1 is 1.44 bits per heavy atom. The van der Waals surface area contributed by atoms with E-state index in [1.807, 2.05) is 11.3 Å². The zero-order valence-electron chi connectivity index (χ0n) is 12.1. The summed E-state index contributed by atoms with van der Waals surface area (Å²) in [5, 5.41) is 3.62. The van der Waals surface area contributed by atoms with Gasteiger partial charge in [-0.25, -0.2) is 0 Å². The van der Waals surface area contributed by atoms with Crippen molar-refractivity contribution in [3.8, 4) is 0 Å². The van der Waals surface area contributed by atoms with Gasteiger partial charge in [-0.2, -0.15) is 0 Å². The summed E-state index contributed by atoms with van der Waals surface area (Å²) in [5.74, 6) is 0.754. The molecule has 2 atom stereocenters. The molecule has 1 N–H and O–H groups in total. The van der Waals surface area contributed by atoms with Crippen LogP contribution in [0.1, 0.15) is 42.5 Å². The predicted molar refractivity (Wildman–Crippen MR) is 80.3 cm³/mol. The van der Waals surface area contributed by atoms with E-state index in [0.717, 1.165) is 12.5 Å². The van der Waals surface area contributed by atoms with Gasteiger partial charge >= 0.3 is 0 Å². The number of thiophene rings is 1. The largest absolute Gasteiger partial charge is 0.314 e. The molecule has 102 valence electrons. The number of nitrogens with one attached hydrogen (secondary N) is 1. The van der Waals surface area contributed by atoms with Crippen LogP contribution >= 0.6 is 11.3 Å². The Morgan fingerprint density at radius 3 is 2.83 bits per heavy atom. The zero-order valence-corrected chi connectivity index (χ0v) is 12.9. The van der Waals surface area contributed by atoms with E-state index in [2.05, 4.69) is 50.2 Å². The first-order valence-electron chi connectivity index (χ1n) is 7.08. The van der Waals surface area contributed by atoms with E-state index in [4.69, 9.17) is 0 Å². The monoisotopic (exact) mass is 266 g/mol. The number of hydrogen-bond donors (Lipinski definition) is 1. The predicted octanol–water partition coefficient (Wildman–Crippen LogP) is 3.44. The Balaban J connectivity index is 2.10. The van der Waals surface area contributed by atoms with Gasteiger partial charge in [0.25, 0.3) is 0 Å². The first-order chi connectivity index (χ1) is 8.58. The molecule has 0 bridgehead atoms. The lowest BCUT2D eigenvalue weighted by Crippen LogP contribution is -2.41. The van der Waals surface area contributed by atoms with Crippen LogP contribution in [0.5, 0.6) is 0 Å². The van der Waals surface area contributed by atoms with Gasteiger partial charge in [0.2, 0.25) is 0 Å². The highest BCUT2D eigenvalue weighted by Gasteiger charge is 2.31. The molecular weight excluding hydrogens is 240 g/mol. The molecule has 2 rings (SSSR count). The molecule has 1 saturated heterocycles. The fraction of sp³-hybridized carbons (Fsp3) is 0.733. The summed E-state index contributed by atoms with van der Waals surface area (Å²) in [5.41, 5.74) is 0. The highest BCUT2D eigenvalue weighted by atomic mass is 32.1. The molecular formula is C15H26N2S. The van der Waals surface area contributed by atoms with Crippen LogP contribution in [0.4, 0.5) is 0 Å². The quantitative estimate of drug-likeness (QED) is 0.898. The first-order valence-corrected chi connectivity index (χ1v) is 7.89. The third-order valence-electron chi connectivity index (χ3n) is 3.85. The van der Waals surface area contributed by atoms with E-state index >= 15 is 0 Å². The smallest absolute Gasteiger partial charge is 0.0478 e. The first kappa shape index (κ1) is 14.0. The fourth-order valence-corrected chi connectivity index (χ4v) is 4.06. The summed E-state index contributed by atoms with van der Waals surface area (Å²) in [4.78, 5) is 5.52. The van der Waals surface area contributed by atoms with Gasteiger partial charge in [0, 0.05) is 28.4 Å². The van der Waals surface area contributed by atoms with Crippen molar-refractivity contribution < 1.29 is 0 Å². The number of rotatable bonds is 4. The Morgan fingerprint density at radius 2 is 2.22 bits per heavy atom. The van der Waals surface area contributed by atoms with Crippen molar-refractivity contribution in [1.29, 1.82) is 0 Å². The van der Waals surface area contributed by atoms with Gasteiger partial charge in [0.05, 0.1) is 0 Å². The van der Waals surface area contributed by atoms with E-state index in [1.165, 1.54) is 24.3 Å².